The second kappa shape index (κ2) is 5.44. The summed E-state index contributed by atoms with van der Waals surface area (Å²) in [5.74, 6) is 1.69. The summed E-state index contributed by atoms with van der Waals surface area (Å²) in [5.41, 5.74) is 1.71. The van der Waals surface area contributed by atoms with Gasteiger partial charge in [0.15, 0.2) is 11.5 Å². The molecule has 2 spiro atoms. The molecule has 6 aliphatic rings. The first kappa shape index (κ1) is 18.0. The summed E-state index contributed by atoms with van der Waals surface area (Å²) in [7, 11) is 5.70. The summed E-state index contributed by atoms with van der Waals surface area (Å²) in [6.07, 6.45) is 8.36. The standard InChI is InChI=1S/C24H29NO4/c1-14(26)16-13-22-9-10-24(16,28-4)21-23(22)11-12-25(2)18(22)8-6-15-5-7-17(27-3)20(29-21)19(15)23/h5,7,9-10,16,18,21H,6,8,11-13H2,1-4H3/t16-,18-,21-,22-,23+,24-/m1/s1. The number of ketones is 1. The molecule has 2 heterocycles. The van der Waals surface area contributed by atoms with Gasteiger partial charge in [0.05, 0.1) is 18.4 Å². The van der Waals surface area contributed by atoms with Crippen LogP contribution in [0.2, 0.25) is 0 Å². The molecule has 0 unspecified atom stereocenters. The van der Waals surface area contributed by atoms with Crippen LogP contribution in [0, 0.1) is 11.3 Å². The fourth-order valence-electron chi connectivity index (χ4n) is 7.93. The van der Waals surface area contributed by atoms with Crippen molar-refractivity contribution >= 4 is 5.78 Å². The Morgan fingerprint density at radius 3 is 2.83 bits per heavy atom. The molecule has 7 rings (SSSR count). The first-order valence-electron chi connectivity index (χ1n) is 10.8. The van der Waals surface area contributed by atoms with Gasteiger partial charge in [0, 0.05) is 24.1 Å². The van der Waals surface area contributed by atoms with Gasteiger partial charge in [-0.2, -0.15) is 0 Å². The van der Waals surface area contributed by atoms with Crippen LogP contribution in [0.4, 0.5) is 0 Å². The van der Waals surface area contributed by atoms with Crippen LogP contribution in [-0.4, -0.2) is 56.2 Å². The molecular weight excluding hydrogens is 366 g/mol. The molecule has 1 saturated carbocycles. The van der Waals surface area contributed by atoms with Gasteiger partial charge in [-0.05, 0) is 57.8 Å². The lowest BCUT2D eigenvalue weighted by Crippen LogP contribution is -2.77. The highest BCUT2D eigenvalue weighted by Gasteiger charge is 2.78. The predicted octanol–water partition coefficient (Wildman–Crippen LogP) is 2.89. The van der Waals surface area contributed by atoms with Crippen LogP contribution in [0.1, 0.15) is 37.3 Å². The number of hydrogen-bond donors (Lipinski definition) is 0. The average Bonchev–Trinajstić information content (AvgIpc) is 3.06. The maximum absolute atomic E-state index is 12.9. The Bertz CT molecular complexity index is 956. The molecule has 0 aromatic heterocycles. The quantitative estimate of drug-likeness (QED) is 0.737. The molecule has 5 heteroatoms. The molecule has 29 heavy (non-hydrogen) atoms. The molecule has 2 aliphatic heterocycles. The summed E-state index contributed by atoms with van der Waals surface area (Å²) in [6.45, 7) is 2.74. The van der Waals surface area contributed by atoms with Crippen molar-refractivity contribution in [2.45, 2.75) is 55.8 Å². The molecule has 0 radical (unpaired) electrons. The van der Waals surface area contributed by atoms with E-state index in [9.17, 15) is 4.79 Å². The summed E-state index contributed by atoms with van der Waals surface area (Å²) >= 11 is 0. The lowest BCUT2D eigenvalue weighted by molar-refractivity contribution is -0.209. The van der Waals surface area contributed by atoms with Crippen molar-refractivity contribution in [1.82, 2.24) is 4.90 Å². The lowest BCUT2D eigenvalue weighted by Gasteiger charge is -2.68. The van der Waals surface area contributed by atoms with Gasteiger partial charge < -0.3 is 19.1 Å². The normalized spacial score (nSPS) is 43.5. The number of aryl methyl sites for hydroxylation is 1. The number of likely N-dealkylation sites (tertiary alicyclic amines) is 1. The molecular formula is C24H29NO4. The molecule has 2 fully saturated rings. The van der Waals surface area contributed by atoms with Crippen molar-refractivity contribution in [1.29, 1.82) is 0 Å². The Morgan fingerprint density at radius 2 is 2.10 bits per heavy atom. The maximum atomic E-state index is 12.9. The lowest BCUT2D eigenvalue weighted by atomic mass is 9.39. The number of fused-ring (bicyclic) bond motifs is 1. The summed E-state index contributed by atoms with van der Waals surface area (Å²) in [6, 6.07) is 4.67. The highest BCUT2D eigenvalue weighted by molar-refractivity contribution is 5.82. The number of benzene rings is 1. The van der Waals surface area contributed by atoms with Crippen molar-refractivity contribution in [3.63, 3.8) is 0 Å². The number of methoxy groups -OCH3 is 2. The molecule has 6 atom stereocenters. The van der Waals surface area contributed by atoms with Crippen molar-refractivity contribution < 1.29 is 19.0 Å². The minimum absolute atomic E-state index is 0.121. The van der Waals surface area contributed by atoms with E-state index in [1.54, 1.807) is 21.1 Å². The van der Waals surface area contributed by atoms with Crippen LogP contribution in [0.15, 0.2) is 24.3 Å². The Hall–Kier alpha value is -1.85. The number of ether oxygens (including phenoxy) is 3. The summed E-state index contributed by atoms with van der Waals surface area (Å²) < 4.78 is 18.8. The van der Waals surface area contributed by atoms with Gasteiger partial charge in [0.1, 0.15) is 17.5 Å². The molecule has 5 nitrogen and oxygen atoms in total. The van der Waals surface area contributed by atoms with Gasteiger partial charge in [-0.25, -0.2) is 0 Å². The second-order valence-electron chi connectivity index (χ2n) is 9.68. The number of Topliss-reactive ketones (excluding diaryl/α,β-unsaturated/α-hetero) is 1. The number of rotatable bonds is 3. The van der Waals surface area contributed by atoms with Crippen molar-refractivity contribution in [2.75, 3.05) is 27.8 Å². The Balaban J connectivity index is 1.72. The molecule has 4 aliphatic carbocycles. The molecule has 154 valence electrons. The van der Waals surface area contributed by atoms with Gasteiger partial charge in [-0.1, -0.05) is 18.2 Å². The second-order valence-corrected chi connectivity index (χ2v) is 9.68. The van der Waals surface area contributed by atoms with E-state index < -0.39 is 5.60 Å². The van der Waals surface area contributed by atoms with Gasteiger partial charge in [-0.3, -0.25) is 4.79 Å². The minimum Gasteiger partial charge on any atom is -0.493 e. The van der Waals surface area contributed by atoms with E-state index in [2.05, 4.69) is 30.2 Å². The van der Waals surface area contributed by atoms with E-state index in [1.165, 1.54) is 11.1 Å². The SMILES string of the molecule is COc1ccc2c3c1O[C@H]1[C@@]4(OC)C=C[C@@]5(C[C@@H]4C(C)=O)[C@@H](CC2)N(C)CC[C@]315. The van der Waals surface area contributed by atoms with E-state index in [0.717, 1.165) is 43.7 Å². The summed E-state index contributed by atoms with van der Waals surface area (Å²) in [4.78, 5) is 15.4. The molecule has 1 aromatic rings. The van der Waals surface area contributed by atoms with Gasteiger partial charge in [0.2, 0.25) is 0 Å². The zero-order chi connectivity index (χ0) is 20.2. The molecule has 0 N–H and O–H groups in total. The number of carbonyl (C=O) groups is 1. The number of hydrogen-bond acceptors (Lipinski definition) is 5. The Morgan fingerprint density at radius 1 is 1.28 bits per heavy atom. The van der Waals surface area contributed by atoms with Crippen LogP contribution in [0.3, 0.4) is 0 Å². The monoisotopic (exact) mass is 395 g/mol. The van der Waals surface area contributed by atoms with E-state index in [0.29, 0.717) is 6.04 Å². The van der Waals surface area contributed by atoms with Crippen LogP contribution >= 0.6 is 0 Å². The maximum Gasteiger partial charge on any atom is 0.166 e. The smallest absolute Gasteiger partial charge is 0.166 e. The van der Waals surface area contributed by atoms with Gasteiger partial charge in [-0.15, -0.1) is 0 Å². The van der Waals surface area contributed by atoms with Crippen molar-refractivity contribution in [3.8, 4) is 11.5 Å². The Kier molecular flexibility index (Phi) is 3.37. The van der Waals surface area contributed by atoms with E-state index >= 15 is 0 Å². The zero-order valence-electron chi connectivity index (χ0n) is 17.7. The van der Waals surface area contributed by atoms with Gasteiger partial charge >= 0.3 is 0 Å². The topological polar surface area (TPSA) is 48.0 Å². The largest absolute Gasteiger partial charge is 0.493 e. The fraction of sp³-hybridized carbons (Fsp3) is 0.625. The third kappa shape index (κ3) is 1.72. The minimum atomic E-state index is -0.723. The van der Waals surface area contributed by atoms with E-state index in [4.69, 9.17) is 14.2 Å². The fourth-order valence-corrected chi connectivity index (χ4v) is 7.93. The number of carbonyl (C=O) groups excluding carboxylic acids is 1. The van der Waals surface area contributed by atoms with Crippen LogP contribution < -0.4 is 9.47 Å². The van der Waals surface area contributed by atoms with Crippen LogP contribution in [0.25, 0.3) is 0 Å². The Labute approximate surface area is 172 Å². The molecule has 0 amide bonds. The van der Waals surface area contributed by atoms with Crippen molar-refractivity contribution in [2.24, 2.45) is 11.3 Å². The third-order valence-corrected chi connectivity index (χ3v) is 9.04. The highest BCUT2D eigenvalue weighted by Crippen LogP contribution is 2.73. The number of nitrogens with zero attached hydrogens (tertiary/aromatic N) is 1. The average molecular weight is 395 g/mol. The first-order chi connectivity index (χ1) is 13.9. The van der Waals surface area contributed by atoms with E-state index in [1.807, 2.05) is 6.07 Å². The molecule has 1 aromatic carbocycles. The van der Waals surface area contributed by atoms with Crippen molar-refractivity contribution in [3.05, 3.63) is 35.4 Å². The number of piperidine rings is 1. The third-order valence-electron chi connectivity index (χ3n) is 9.04. The molecule has 1 saturated heterocycles. The highest BCUT2D eigenvalue weighted by atomic mass is 16.6. The van der Waals surface area contributed by atoms with E-state index in [-0.39, 0.29) is 28.6 Å². The first-order valence-corrected chi connectivity index (χ1v) is 10.8. The predicted molar refractivity (Wildman–Crippen MR) is 109 cm³/mol. The summed E-state index contributed by atoms with van der Waals surface area (Å²) in [5, 5.41) is 0. The molecule has 4 bridgehead atoms. The van der Waals surface area contributed by atoms with Crippen LogP contribution in [0.5, 0.6) is 11.5 Å². The zero-order valence-corrected chi connectivity index (χ0v) is 17.7. The van der Waals surface area contributed by atoms with Gasteiger partial charge in [0.25, 0.3) is 0 Å². The van der Waals surface area contributed by atoms with Crippen LogP contribution in [-0.2, 0) is 21.4 Å².